The van der Waals surface area contributed by atoms with E-state index in [4.69, 9.17) is 4.74 Å². The first-order valence-corrected chi connectivity index (χ1v) is 6.70. The molecule has 0 bridgehead atoms. The van der Waals surface area contributed by atoms with E-state index in [1.54, 1.807) is 0 Å². The molecule has 0 aliphatic rings. The predicted octanol–water partition coefficient (Wildman–Crippen LogP) is 4.68. The number of para-hydroxylation sites is 1. The largest absolute Gasteiger partial charge is 0.457 e. The van der Waals surface area contributed by atoms with Crippen molar-refractivity contribution in [1.29, 1.82) is 0 Å². The highest BCUT2D eigenvalue weighted by atomic mass is 79.9. The second-order valence-electron chi connectivity index (χ2n) is 4.02. The lowest BCUT2D eigenvalue weighted by Gasteiger charge is -2.14. The van der Waals surface area contributed by atoms with Crippen LogP contribution in [0.25, 0.3) is 0 Å². The van der Waals surface area contributed by atoms with Gasteiger partial charge in [-0.25, -0.2) is 0 Å². The first-order valence-electron chi connectivity index (χ1n) is 5.91. The van der Waals surface area contributed by atoms with Crippen molar-refractivity contribution in [2.24, 2.45) is 0 Å². The number of rotatable bonds is 4. The van der Waals surface area contributed by atoms with Crippen molar-refractivity contribution in [1.82, 2.24) is 0 Å². The van der Waals surface area contributed by atoms with Crippen molar-refractivity contribution in [3.05, 3.63) is 58.6 Å². The summed E-state index contributed by atoms with van der Waals surface area (Å²) >= 11 is 3.38. The molecule has 0 saturated heterocycles. The summed E-state index contributed by atoms with van der Waals surface area (Å²) in [6, 6.07) is 15.2. The van der Waals surface area contributed by atoms with E-state index in [2.05, 4.69) is 15.9 Å². The molecule has 0 aromatic heterocycles. The molecular weight excluding hydrogens is 292 g/mol. The fraction of sp³-hybridized carbons (Fsp3) is 0.200. The molecule has 0 unspecified atom stereocenters. The van der Waals surface area contributed by atoms with Gasteiger partial charge >= 0.3 is 0 Å². The Morgan fingerprint density at radius 3 is 2.44 bits per heavy atom. The molecule has 3 heteroatoms. The minimum absolute atomic E-state index is 0.489. The van der Waals surface area contributed by atoms with Gasteiger partial charge in [-0.1, -0.05) is 41.1 Å². The summed E-state index contributed by atoms with van der Waals surface area (Å²) in [5, 5.41) is 9.94. The maximum atomic E-state index is 9.94. The van der Waals surface area contributed by atoms with Gasteiger partial charge in [0, 0.05) is 10.0 Å². The summed E-state index contributed by atoms with van der Waals surface area (Å²) in [6.07, 6.45) is 0.178. The normalized spacial score (nSPS) is 12.2. The molecule has 1 N–H and O–H groups in total. The Balaban J connectivity index is 2.26. The fourth-order valence-electron chi connectivity index (χ4n) is 1.70. The van der Waals surface area contributed by atoms with Gasteiger partial charge in [-0.2, -0.15) is 0 Å². The molecule has 0 amide bonds. The van der Waals surface area contributed by atoms with Crippen molar-refractivity contribution in [2.75, 3.05) is 0 Å². The second kappa shape index (κ2) is 6.03. The summed E-state index contributed by atoms with van der Waals surface area (Å²) < 4.78 is 6.82. The topological polar surface area (TPSA) is 29.5 Å². The van der Waals surface area contributed by atoms with Gasteiger partial charge in [0.05, 0.1) is 6.10 Å². The van der Waals surface area contributed by atoms with Crippen LogP contribution in [0.3, 0.4) is 0 Å². The van der Waals surface area contributed by atoms with E-state index in [-0.39, 0.29) is 0 Å². The summed E-state index contributed by atoms with van der Waals surface area (Å²) in [7, 11) is 0. The zero-order valence-corrected chi connectivity index (χ0v) is 11.7. The standard InChI is InChI=1S/C15H15BrO2/c1-2-14(17)13-5-3-4-6-15(13)18-12-9-7-11(16)8-10-12/h3-10,14,17H,2H2,1H3/t14-/m0/s1. The molecule has 0 aliphatic heterocycles. The third kappa shape index (κ3) is 3.12. The van der Waals surface area contributed by atoms with Crippen LogP contribution in [0.15, 0.2) is 53.0 Å². The van der Waals surface area contributed by atoms with Gasteiger partial charge in [0.25, 0.3) is 0 Å². The van der Waals surface area contributed by atoms with E-state index in [9.17, 15) is 5.11 Å². The fourth-order valence-corrected chi connectivity index (χ4v) is 1.96. The first kappa shape index (κ1) is 13.1. The SMILES string of the molecule is CC[C@H](O)c1ccccc1Oc1ccc(Br)cc1. The average Bonchev–Trinajstić information content (AvgIpc) is 2.41. The number of ether oxygens (including phenoxy) is 1. The molecule has 0 aliphatic carbocycles. The van der Waals surface area contributed by atoms with Crippen LogP contribution in [-0.2, 0) is 0 Å². The molecular formula is C15H15BrO2. The smallest absolute Gasteiger partial charge is 0.133 e. The van der Waals surface area contributed by atoms with E-state index < -0.39 is 6.10 Å². The summed E-state index contributed by atoms with van der Waals surface area (Å²) in [5.41, 5.74) is 0.822. The van der Waals surface area contributed by atoms with E-state index in [0.29, 0.717) is 12.2 Å². The van der Waals surface area contributed by atoms with Gasteiger partial charge < -0.3 is 9.84 Å². The Morgan fingerprint density at radius 2 is 1.78 bits per heavy atom. The van der Waals surface area contributed by atoms with Gasteiger partial charge in [-0.15, -0.1) is 0 Å². The Hall–Kier alpha value is -1.32. The minimum atomic E-state index is -0.489. The number of hydrogen-bond donors (Lipinski definition) is 1. The first-order chi connectivity index (χ1) is 8.70. The van der Waals surface area contributed by atoms with Crippen LogP contribution in [0.5, 0.6) is 11.5 Å². The molecule has 0 fully saturated rings. The molecule has 1 atom stereocenters. The number of halogens is 1. The zero-order chi connectivity index (χ0) is 13.0. The minimum Gasteiger partial charge on any atom is -0.457 e. The summed E-state index contributed by atoms with van der Waals surface area (Å²) in [4.78, 5) is 0. The van der Waals surface area contributed by atoms with Crippen molar-refractivity contribution in [3.63, 3.8) is 0 Å². The molecule has 0 spiro atoms. The summed E-state index contributed by atoms with van der Waals surface area (Å²) in [5.74, 6) is 1.46. The highest BCUT2D eigenvalue weighted by Crippen LogP contribution is 2.31. The van der Waals surface area contributed by atoms with E-state index >= 15 is 0 Å². The Kier molecular flexibility index (Phi) is 4.39. The highest BCUT2D eigenvalue weighted by molar-refractivity contribution is 9.10. The van der Waals surface area contributed by atoms with Crippen molar-refractivity contribution in [2.45, 2.75) is 19.4 Å². The van der Waals surface area contributed by atoms with Crippen LogP contribution in [-0.4, -0.2) is 5.11 Å². The lowest BCUT2D eigenvalue weighted by atomic mass is 10.1. The van der Waals surface area contributed by atoms with Gasteiger partial charge in [0.2, 0.25) is 0 Å². The number of benzene rings is 2. The molecule has 2 rings (SSSR count). The van der Waals surface area contributed by atoms with E-state index in [1.807, 2.05) is 55.5 Å². The third-order valence-electron chi connectivity index (χ3n) is 2.71. The average molecular weight is 307 g/mol. The van der Waals surface area contributed by atoms with Crippen molar-refractivity contribution >= 4 is 15.9 Å². The maximum absolute atomic E-state index is 9.94. The lowest BCUT2D eigenvalue weighted by Crippen LogP contribution is -1.98. The third-order valence-corrected chi connectivity index (χ3v) is 3.23. The van der Waals surface area contributed by atoms with Gasteiger partial charge in [0.15, 0.2) is 0 Å². The highest BCUT2D eigenvalue weighted by Gasteiger charge is 2.11. The van der Waals surface area contributed by atoms with Crippen LogP contribution in [0.4, 0.5) is 0 Å². The Morgan fingerprint density at radius 1 is 1.11 bits per heavy atom. The molecule has 2 aromatic carbocycles. The van der Waals surface area contributed by atoms with Gasteiger partial charge in [-0.05, 0) is 36.8 Å². The molecule has 2 nitrogen and oxygen atoms in total. The Bertz CT molecular complexity index is 508. The lowest BCUT2D eigenvalue weighted by molar-refractivity contribution is 0.170. The van der Waals surface area contributed by atoms with Gasteiger partial charge in [-0.3, -0.25) is 0 Å². The van der Waals surface area contributed by atoms with Gasteiger partial charge in [0.1, 0.15) is 11.5 Å². The zero-order valence-electron chi connectivity index (χ0n) is 10.1. The predicted molar refractivity (Wildman–Crippen MR) is 75.9 cm³/mol. The van der Waals surface area contributed by atoms with E-state index in [1.165, 1.54) is 0 Å². The maximum Gasteiger partial charge on any atom is 0.133 e. The number of aliphatic hydroxyl groups excluding tert-OH is 1. The van der Waals surface area contributed by atoms with E-state index in [0.717, 1.165) is 15.8 Å². The Labute approximate surface area is 115 Å². The molecule has 18 heavy (non-hydrogen) atoms. The quantitative estimate of drug-likeness (QED) is 0.888. The molecule has 2 aromatic rings. The number of hydrogen-bond acceptors (Lipinski definition) is 2. The molecule has 0 heterocycles. The monoisotopic (exact) mass is 306 g/mol. The molecule has 0 saturated carbocycles. The number of aliphatic hydroxyl groups is 1. The van der Waals surface area contributed by atoms with Crippen LogP contribution < -0.4 is 4.74 Å². The van der Waals surface area contributed by atoms with Crippen LogP contribution >= 0.6 is 15.9 Å². The molecule has 94 valence electrons. The van der Waals surface area contributed by atoms with Crippen LogP contribution in [0, 0.1) is 0 Å². The van der Waals surface area contributed by atoms with Crippen LogP contribution in [0.1, 0.15) is 25.0 Å². The molecule has 0 radical (unpaired) electrons. The van der Waals surface area contributed by atoms with Crippen molar-refractivity contribution in [3.8, 4) is 11.5 Å². The van der Waals surface area contributed by atoms with Crippen LogP contribution in [0.2, 0.25) is 0 Å². The second-order valence-corrected chi connectivity index (χ2v) is 4.93. The van der Waals surface area contributed by atoms with Crippen molar-refractivity contribution < 1.29 is 9.84 Å². The summed E-state index contributed by atoms with van der Waals surface area (Å²) in [6.45, 7) is 1.95.